The predicted octanol–water partition coefficient (Wildman–Crippen LogP) is 3.85. The number of benzene rings is 1. The van der Waals surface area contributed by atoms with Gasteiger partial charge in [0, 0.05) is 23.1 Å². The number of hydrogen-bond acceptors (Lipinski definition) is 6. The average molecular weight is 439 g/mol. The number of anilines is 1. The Labute approximate surface area is 184 Å². The molecule has 162 valence electrons. The number of amides is 1. The van der Waals surface area contributed by atoms with Crippen molar-refractivity contribution >= 4 is 38.9 Å². The molecule has 7 nitrogen and oxygen atoms in total. The minimum Gasteiger partial charge on any atom is -0.326 e. The molecule has 0 aliphatic heterocycles. The molecule has 3 aromatic rings. The van der Waals surface area contributed by atoms with Crippen molar-refractivity contribution in [2.24, 2.45) is 11.3 Å². The normalized spacial score (nSPS) is 16.2. The van der Waals surface area contributed by atoms with Crippen molar-refractivity contribution in [3.63, 3.8) is 0 Å². The second-order valence-electron chi connectivity index (χ2n) is 9.22. The highest BCUT2D eigenvalue weighted by molar-refractivity contribution is 7.18. The number of aromatic nitrogens is 3. The Balaban J connectivity index is 1.59. The van der Waals surface area contributed by atoms with Crippen molar-refractivity contribution in [2.45, 2.75) is 53.5 Å². The van der Waals surface area contributed by atoms with Gasteiger partial charge in [0.2, 0.25) is 5.91 Å². The summed E-state index contributed by atoms with van der Waals surface area (Å²) >= 11 is 1.56. The monoisotopic (exact) mass is 438 g/mol. The number of rotatable bonds is 4. The highest BCUT2D eigenvalue weighted by atomic mass is 32.1. The quantitative estimate of drug-likeness (QED) is 0.625. The third-order valence-corrected chi connectivity index (χ3v) is 7.12. The van der Waals surface area contributed by atoms with E-state index in [-0.39, 0.29) is 29.2 Å². The van der Waals surface area contributed by atoms with Crippen molar-refractivity contribution in [1.29, 1.82) is 0 Å². The molecule has 1 N–H and O–H groups in total. The van der Waals surface area contributed by atoms with Crippen molar-refractivity contribution in [3.8, 4) is 0 Å². The van der Waals surface area contributed by atoms with Gasteiger partial charge >= 0.3 is 0 Å². The van der Waals surface area contributed by atoms with Gasteiger partial charge in [-0.15, -0.1) is 16.4 Å². The molecule has 1 amide bonds. The summed E-state index contributed by atoms with van der Waals surface area (Å²) < 4.78 is 1.16. The van der Waals surface area contributed by atoms with Crippen LogP contribution in [0.4, 0.5) is 5.69 Å². The van der Waals surface area contributed by atoms with Crippen LogP contribution in [-0.2, 0) is 24.2 Å². The zero-order chi connectivity index (χ0) is 22.3. The van der Waals surface area contributed by atoms with Crippen LogP contribution in [0.15, 0.2) is 29.1 Å². The molecule has 1 aliphatic carbocycles. The molecule has 1 atom stereocenters. The molecule has 8 heteroatoms. The van der Waals surface area contributed by atoms with E-state index in [1.165, 1.54) is 11.8 Å². The van der Waals surface area contributed by atoms with E-state index in [0.717, 1.165) is 29.5 Å². The lowest BCUT2D eigenvalue weighted by molar-refractivity contribution is -0.114. The molecule has 0 radical (unpaired) electrons. The predicted molar refractivity (Wildman–Crippen MR) is 122 cm³/mol. The third kappa shape index (κ3) is 4.30. The van der Waals surface area contributed by atoms with Crippen molar-refractivity contribution in [2.75, 3.05) is 5.32 Å². The van der Waals surface area contributed by atoms with E-state index in [4.69, 9.17) is 0 Å². The summed E-state index contributed by atoms with van der Waals surface area (Å²) in [6.07, 6.45) is 2.86. The lowest BCUT2D eigenvalue weighted by Gasteiger charge is -2.33. The van der Waals surface area contributed by atoms with E-state index in [2.05, 4.69) is 36.4 Å². The molecule has 2 heterocycles. The average Bonchev–Trinajstić information content (AvgIpc) is 3.08. The Morgan fingerprint density at radius 1 is 1.23 bits per heavy atom. The summed E-state index contributed by atoms with van der Waals surface area (Å²) in [6.45, 7) is 8.04. The van der Waals surface area contributed by atoms with E-state index in [9.17, 15) is 14.4 Å². The number of nitrogens with zero attached hydrogens (tertiary/aromatic N) is 3. The largest absolute Gasteiger partial charge is 0.326 e. The maximum atomic E-state index is 13.1. The van der Waals surface area contributed by atoms with E-state index in [1.807, 2.05) is 0 Å². The lowest BCUT2D eigenvalue weighted by Crippen LogP contribution is -2.29. The lowest BCUT2D eigenvalue weighted by atomic mass is 9.72. The van der Waals surface area contributed by atoms with Gasteiger partial charge in [0.25, 0.3) is 5.56 Å². The Morgan fingerprint density at radius 3 is 2.58 bits per heavy atom. The maximum absolute atomic E-state index is 13.1. The van der Waals surface area contributed by atoms with Crippen LogP contribution < -0.4 is 10.9 Å². The second kappa shape index (κ2) is 8.00. The summed E-state index contributed by atoms with van der Waals surface area (Å²) in [4.78, 5) is 38.9. The van der Waals surface area contributed by atoms with Crippen molar-refractivity contribution < 1.29 is 9.59 Å². The Kier molecular flexibility index (Phi) is 5.51. The molecule has 1 aromatic carbocycles. The summed E-state index contributed by atoms with van der Waals surface area (Å²) in [5, 5.41) is 11.6. The third-order valence-electron chi connectivity index (χ3n) is 5.98. The molecule has 0 bridgehead atoms. The number of Topliss-reactive ketones (excluding diaryl/α,β-unsaturated/α-hetero) is 1. The minimum atomic E-state index is -0.250. The van der Waals surface area contributed by atoms with Gasteiger partial charge in [-0.3, -0.25) is 14.4 Å². The van der Waals surface area contributed by atoms with Crippen LogP contribution in [0.2, 0.25) is 0 Å². The number of nitrogens with one attached hydrogen (secondary N) is 1. The van der Waals surface area contributed by atoms with E-state index in [0.29, 0.717) is 27.4 Å². The van der Waals surface area contributed by atoms with Crippen LogP contribution >= 0.6 is 11.3 Å². The highest BCUT2D eigenvalue weighted by Gasteiger charge is 2.32. The molecular weight excluding hydrogens is 412 g/mol. The number of carbonyl (C=O) groups excluding carboxylic acids is 2. The fourth-order valence-electron chi connectivity index (χ4n) is 4.14. The van der Waals surface area contributed by atoms with Crippen LogP contribution in [0.5, 0.6) is 0 Å². The van der Waals surface area contributed by atoms with Crippen LogP contribution in [0.25, 0.3) is 10.2 Å². The zero-order valence-electron chi connectivity index (χ0n) is 18.2. The summed E-state index contributed by atoms with van der Waals surface area (Å²) in [7, 11) is 0. The number of hydrogen-bond donors (Lipinski definition) is 1. The molecule has 1 aliphatic rings. The van der Waals surface area contributed by atoms with Crippen LogP contribution in [0.1, 0.15) is 54.9 Å². The first-order valence-electron chi connectivity index (χ1n) is 10.4. The summed E-state index contributed by atoms with van der Waals surface area (Å²) in [5.74, 6) is 0.162. The zero-order valence-corrected chi connectivity index (χ0v) is 19.0. The Hall–Kier alpha value is -2.87. The minimum absolute atomic E-state index is 0.170. The molecule has 0 fully saturated rings. The first-order valence-corrected chi connectivity index (χ1v) is 11.2. The maximum Gasteiger partial charge on any atom is 0.279 e. The molecule has 0 spiro atoms. The van der Waals surface area contributed by atoms with E-state index in [1.54, 1.807) is 35.6 Å². The number of aryl methyl sites for hydroxylation is 1. The van der Waals surface area contributed by atoms with Gasteiger partial charge in [0.1, 0.15) is 6.54 Å². The standard InChI is InChI=1S/C23H26N4O3S/c1-13(28)24-16-8-5-14(6-9-16)18(29)12-27-22(30)20-17-10-7-15(23(2,3)4)11-19(17)31-21(20)25-26-27/h5-6,8-9,15H,7,10-12H2,1-4H3,(H,24,28). The van der Waals surface area contributed by atoms with Gasteiger partial charge in [-0.25, -0.2) is 4.68 Å². The Morgan fingerprint density at radius 2 is 1.94 bits per heavy atom. The number of thiophene rings is 1. The fourth-order valence-corrected chi connectivity index (χ4v) is 5.37. The van der Waals surface area contributed by atoms with Gasteiger partial charge in [0.15, 0.2) is 10.6 Å². The van der Waals surface area contributed by atoms with Gasteiger partial charge in [-0.2, -0.15) is 0 Å². The van der Waals surface area contributed by atoms with E-state index >= 15 is 0 Å². The van der Waals surface area contributed by atoms with Crippen LogP contribution in [-0.4, -0.2) is 26.7 Å². The molecule has 4 rings (SSSR count). The topological polar surface area (TPSA) is 93.9 Å². The second-order valence-corrected chi connectivity index (χ2v) is 10.3. The molecule has 1 unspecified atom stereocenters. The molecule has 31 heavy (non-hydrogen) atoms. The SMILES string of the molecule is CC(=O)Nc1ccc(C(=O)Cn2nnc3sc4c(c3c2=O)CCC(C(C)(C)C)C4)cc1. The Bertz CT molecular complexity index is 1220. The fraction of sp³-hybridized carbons (Fsp3) is 0.435. The first-order chi connectivity index (χ1) is 14.6. The van der Waals surface area contributed by atoms with Gasteiger partial charge < -0.3 is 5.32 Å². The smallest absolute Gasteiger partial charge is 0.279 e. The summed E-state index contributed by atoms with van der Waals surface area (Å²) in [5.41, 5.74) is 2.12. The molecule has 0 saturated carbocycles. The first kappa shape index (κ1) is 21.4. The van der Waals surface area contributed by atoms with Crippen molar-refractivity contribution in [3.05, 3.63) is 50.6 Å². The number of ketones is 1. The van der Waals surface area contributed by atoms with E-state index < -0.39 is 0 Å². The van der Waals surface area contributed by atoms with Gasteiger partial charge in [-0.05, 0) is 60.4 Å². The molecular formula is C23H26N4O3S. The van der Waals surface area contributed by atoms with Crippen molar-refractivity contribution in [1.82, 2.24) is 15.0 Å². The highest BCUT2D eigenvalue weighted by Crippen LogP contribution is 2.41. The van der Waals surface area contributed by atoms with Gasteiger partial charge in [-0.1, -0.05) is 26.0 Å². The number of fused-ring (bicyclic) bond motifs is 3. The molecule has 2 aromatic heterocycles. The number of carbonyl (C=O) groups is 2. The van der Waals surface area contributed by atoms with Crippen LogP contribution in [0, 0.1) is 11.3 Å². The van der Waals surface area contributed by atoms with Crippen LogP contribution in [0.3, 0.4) is 0 Å². The summed E-state index contributed by atoms with van der Waals surface area (Å²) in [6, 6.07) is 6.58. The van der Waals surface area contributed by atoms with Gasteiger partial charge in [0.05, 0.1) is 5.39 Å². The molecule has 0 saturated heterocycles.